The molecule has 0 aliphatic carbocycles. The van der Waals surface area contributed by atoms with Gasteiger partial charge in [-0.25, -0.2) is 10.8 Å². The van der Waals surface area contributed by atoms with Gasteiger partial charge in [0.2, 0.25) is 0 Å². The van der Waals surface area contributed by atoms with Crippen LogP contribution < -0.4 is 16.6 Å². The first kappa shape index (κ1) is 16.6. The van der Waals surface area contributed by atoms with Gasteiger partial charge in [0.1, 0.15) is 5.82 Å². The van der Waals surface area contributed by atoms with Gasteiger partial charge in [-0.3, -0.25) is 19.3 Å². The second-order valence-electron chi connectivity index (χ2n) is 5.05. The molecule has 1 aliphatic rings. The first-order valence-corrected chi connectivity index (χ1v) is 7.36. The number of anilines is 1. The van der Waals surface area contributed by atoms with E-state index < -0.39 is 0 Å². The highest BCUT2D eigenvalue weighted by molar-refractivity contribution is 6.12. The molecule has 23 heavy (non-hydrogen) atoms. The molecule has 0 spiro atoms. The first-order valence-electron chi connectivity index (χ1n) is 7.36. The van der Waals surface area contributed by atoms with E-state index >= 15 is 0 Å². The number of nitrogen functional groups attached to an aromatic ring is 1. The summed E-state index contributed by atoms with van der Waals surface area (Å²) in [6.07, 6.45) is 6.30. The van der Waals surface area contributed by atoms with Gasteiger partial charge in [-0.1, -0.05) is 0 Å². The number of nitrogens with two attached hydrogens (primary N) is 1. The van der Waals surface area contributed by atoms with Gasteiger partial charge in [-0.05, 0) is 31.4 Å². The largest absolute Gasteiger partial charge is 0.352 e. The normalized spacial score (nSPS) is 13.5. The summed E-state index contributed by atoms with van der Waals surface area (Å²) in [4.78, 5) is 39.7. The van der Waals surface area contributed by atoms with Crippen LogP contribution in [0.15, 0.2) is 30.5 Å². The van der Waals surface area contributed by atoms with E-state index in [0.717, 1.165) is 12.8 Å². The monoisotopic (exact) mass is 317 g/mol. The Balaban J connectivity index is 1.60. The highest BCUT2D eigenvalue weighted by Gasteiger charge is 2.22. The maximum atomic E-state index is 11.9. The Morgan fingerprint density at radius 1 is 1.13 bits per heavy atom. The molecule has 8 heteroatoms. The fourth-order valence-electron chi connectivity index (χ4n) is 2.14. The maximum absolute atomic E-state index is 11.9. The summed E-state index contributed by atoms with van der Waals surface area (Å²) in [5.74, 6) is 4.98. The molecule has 1 aliphatic heterocycles. The zero-order chi connectivity index (χ0) is 16.7. The molecular formula is C15H19N5O3. The first-order chi connectivity index (χ1) is 11.1. The zero-order valence-electron chi connectivity index (χ0n) is 12.6. The van der Waals surface area contributed by atoms with Crippen molar-refractivity contribution in [3.8, 4) is 0 Å². The SMILES string of the molecule is NNc1ccc(C(=O)NCCCCCN2C(=O)C=CC2=O)cn1. The Kier molecular flexibility index (Phi) is 5.81. The van der Waals surface area contributed by atoms with E-state index in [9.17, 15) is 14.4 Å². The lowest BCUT2D eigenvalue weighted by molar-refractivity contribution is -0.136. The van der Waals surface area contributed by atoms with Crippen molar-refractivity contribution in [3.05, 3.63) is 36.0 Å². The molecule has 0 atom stereocenters. The van der Waals surface area contributed by atoms with Crippen molar-refractivity contribution in [1.82, 2.24) is 15.2 Å². The van der Waals surface area contributed by atoms with Crippen molar-refractivity contribution in [3.63, 3.8) is 0 Å². The third-order valence-electron chi connectivity index (χ3n) is 3.42. The van der Waals surface area contributed by atoms with Crippen LogP contribution >= 0.6 is 0 Å². The lowest BCUT2D eigenvalue weighted by Gasteiger charge is -2.13. The third-order valence-corrected chi connectivity index (χ3v) is 3.42. The molecule has 2 heterocycles. The van der Waals surface area contributed by atoms with E-state index in [1.807, 2.05) is 0 Å². The number of carbonyl (C=O) groups excluding carboxylic acids is 3. The number of unbranched alkanes of at least 4 members (excludes halogenated alkanes) is 2. The van der Waals surface area contributed by atoms with E-state index in [1.165, 1.54) is 23.2 Å². The molecule has 1 aromatic heterocycles. The number of carbonyl (C=O) groups is 3. The number of nitrogens with one attached hydrogen (secondary N) is 2. The summed E-state index contributed by atoms with van der Waals surface area (Å²) < 4.78 is 0. The van der Waals surface area contributed by atoms with Crippen LogP contribution in [0.2, 0.25) is 0 Å². The van der Waals surface area contributed by atoms with Gasteiger partial charge in [0.15, 0.2) is 0 Å². The van der Waals surface area contributed by atoms with Gasteiger partial charge >= 0.3 is 0 Å². The number of imide groups is 1. The Hall–Kier alpha value is -2.74. The Bertz CT molecular complexity index is 594. The van der Waals surface area contributed by atoms with Gasteiger partial charge in [0.25, 0.3) is 17.7 Å². The van der Waals surface area contributed by atoms with E-state index in [4.69, 9.17) is 5.84 Å². The fourth-order valence-corrected chi connectivity index (χ4v) is 2.14. The van der Waals surface area contributed by atoms with Crippen LogP contribution in [0.25, 0.3) is 0 Å². The van der Waals surface area contributed by atoms with Crippen LogP contribution in [-0.2, 0) is 9.59 Å². The van der Waals surface area contributed by atoms with Crippen molar-refractivity contribution >= 4 is 23.5 Å². The van der Waals surface area contributed by atoms with Crippen molar-refractivity contribution in [1.29, 1.82) is 0 Å². The zero-order valence-corrected chi connectivity index (χ0v) is 12.6. The van der Waals surface area contributed by atoms with Crippen LogP contribution in [0, 0.1) is 0 Å². The summed E-state index contributed by atoms with van der Waals surface area (Å²) in [5.41, 5.74) is 2.85. The molecular weight excluding hydrogens is 298 g/mol. The lowest BCUT2D eigenvalue weighted by Crippen LogP contribution is -2.31. The number of amides is 3. The van der Waals surface area contributed by atoms with E-state index in [-0.39, 0.29) is 17.7 Å². The molecule has 0 radical (unpaired) electrons. The van der Waals surface area contributed by atoms with Gasteiger partial charge in [-0.2, -0.15) is 0 Å². The smallest absolute Gasteiger partial charge is 0.253 e. The number of hydrogen-bond acceptors (Lipinski definition) is 6. The van der Waals surface area contributed by atoms with Crippen LogP contribution in [-0.4, -0.2) is 40.7 Å². The minimum absolute atomic E-state index is 0.199. The van der Waals surface area contributed by atoms with Gasteiger partial charge in [0, 0.05) is 31.4 Å². The molecule has 2 rings (SSSR count). The van der Waals surface area contributed by atoms with E-state index in [0.29, 0.717) is 30.9 Å². The molecule has 0 unspecified atom stereocenters. The number of pyridine rings is 1. The van der Waals surface area contributed by atoms with Crippen LogP contribution in [0.3, 0.4) is 0 Å². The topological polar surface area (TPSA) is 117 Å². The van der Waals surface area contributed by atoms with Crippen molar-refractivity contribution in [2.75, 3.05) is 18.5 Å². The average molecular weight is 317 g/mol. The molecule has 0 saturated carbocycles. The van der Waals surface area contributed by atoms with Gasteiger partial charge < -0.3 is 10.7 Å². The van der Waals surface area contributed by atoms with Crippen LogP contribution in [0.5, 0.6) is 0 Å². The van der Waals surface area contributed by atoms with E-state index in [2.05, 4.69) is 15.7 Å². The number of aromatic nitrogens is 1. The average Bonchev–Trinajstić information content (AvgIpc) is 2.89. The highest BCUT2D eigenvalue weighted by Crippen LogP contribution is 2.07. The van der Waals surface area contributed by atoms with E-state index in [1.54, 1.807) is 12.1 Å². The third kappa shape index (κ3) is 4.62. The molecule has 4 N–H and O–H groups in total. The molecule has 0 saturated heterocycles. The fraction of sp³-hybridized carbons (Fsp3) is 0.333. The van der Waals surface area contributed by atoms with Gasteiger partial charge in [-0.15, -0.1) is 0 Å². The van der Waals surface area contributed by atoms with Crippen molar-refractivity contribution < 1.29 is 14.4 Å². The quantitative estimate of drug-likeness (QED) is 0.273. The second-order valence-corrected chi connectivity index (χ2v) is 5.05. The van der Waals surface area contributed by atoms with Crippen LogP contribution in [0.1, 0.15) is 29.6 Å². The molecule has 1 aromatic rings. The van der Waals surface area contributed by atoms with Crippen molar-refractivity contribution in [2.45, 2.75) is 19.3 Å². The summed E-state index contributed by atoms with van der Waals surface area (Å²) in [5, 5.41) is 2.79. The number of rotatable bonds is 8. The summed E-state index contributed by atoms with van der Waals surface area (Å²) in [6.45, 7) is 0.936. The lowest BCUT2D eigenvalue weighted by atomic mass is 10.2. The predicted molar refractivity (Wildman–Crippen MR) is 84.1 cm³/mol. The molecule has 0 bridgehead atoms. The Morgan fingerprint density at radius 2 is 1.87 bits per heavy atom. The van der Waals surface area contributed by atoms with Crippen LogP contribution in [0.4, 0.5) is 5.82 Å². The van der Waals surface area contributed by atoms with Crippen molar-refractivity contribution in [2.24, 2.45) is 5.84 Å². The molecule has 122 valence electrons. The Morgan fingerprint density at radius 3 is 2.48 bits per heavy atom. The second kappa shape index (κ2) is 8.04. The predicted octanol–water partition coefficient (Wildman–Crippen LogP) is 0.192. The number of hydrogen-bond donors (Lipinski definition) is 3. The molecule has 3 amide bonds. The minimum atomic E-state index is -0.258. The molecule has 0 fully saturated rings. The number of nitrogens with zero attached hydrogens (tertiary/aromatic N) is 2. The summed E-state index contributed by atoms with van der Waals surface area (Å²) in [7, 11) is 0. The van der Waals surface area contributed by atoms with Gasteiger partial charge in [0.05, 0.1) is 5.56 Å². The highest BCUT2D eigenvalue weighted by atomic mass is 16.2. The standard InChI is InChI=1S/C15H19N5O3/c16-19-12-5-4-11(10-18-12)15(23)17-8-2-1-3-9-20-13(21)6-7-14(20)22/h4-7,10H,1-3,8-9,16H2,(H,17,23)(H,18,19). The maximum Gasteiger partial charge on any atom is 0.253 e. The summed E-state index contributed by atoms with van der Waals surface area (Å²) >= 11 is 0. The number of hydrazine groups is 1. The Labute approximate surface area is 133 Å². The summed E-state index contributed by atoms with van der Waals surface area (Å²) in [6, 6.07) is 3.25. The minimum Gasteiger partial charge on any atom is -0.352 e. The molecule has 8 nitrogen and oxygen atoms in total. The molecule has 0 aromatic carbocycles.